The highest BCUT2D eigenvalue weighted by atomic mass is 15.2. The quantitative estimate of drug-likeness (QED) is 0.806. The maximum Gasteiger partial charge on any atom is 0.142 e. The lowest BCUT2D eigenvalue weighted by Crippen LogP contribution is -1.99. The van der Waals surface area contributed by atoms with Crippen LogP contribution in [0.1, 0.15) is 25.5 Å². The molecule has 0 saturated heterocycles. The van der Waals surface area contributed by atoms with Crippen molar-refractivity contribution in [2.24, 2.45) is 7.05 Å². The van der Waals surface area contributed by atoms with Gasteiger partial charge in [-0.25, -0.2) is 4.98 Å². The molecule has 0 bridgehead atoms. The number of hydrogen-bond donors (Lipinski definition) is 1. The topological polar surface area (TPSA) is 85.4 Å². The maximum atomic E-state index is 9.45. The average molecular weight is 306 g/mol. The van der Waals surface area contributed by atoms with Crippen LogP contribution in [0.5, 0.6) is 0 Å². The summed E-state index contributed by atoms with van der Waals surface area (Å²) in [7, 11) is 1.85. The van der Waals surface area contributed by atoms with Crippen LogP contribution in [0.2, 0.25) is 0 Å². The molecular formula is C17H18N6. The molecule has 6 nitrogen and oxygen atoms in total. The lowest BCUT2D eigenvalue weighted by Gasteiger charge is -2.09. The predicted molar refractivity (Wildman–Crippen MR) is 89.4 cm³/mol. The van der Waals surface area contributed by atoms with E-state index in [2.05, 4.69) is 34.6 Å². The maximum absolute atomic E-state index is 9.45. The summed E-state index contributed by atoms with van der Waals surface area (Å²) >= 11 is 0. The van der Waals surface area contributed by atoms with Gasteiger partial charge in [-0.2, -0.15) is 10.4 Å². The molecule has 0 aliphatic heterocycles. The summed E-state index contributed by atoms with van der Waals surface area (Å²) in [4.78, 5) is 4.35. The third kappa shape index (κ3) is 2.69. The van der Waals surface area contributed by atoms with Crippen LogP contribution in [0.25, 0.3) is 22.4 Å². The normalized spacial score (nSPS) is 10.9. The number of rotatable bonds is 3. The van der Waals surface area contributed by atoms with Gasteiger partial charge in [0.2, 0.25) is 0 Å². The number of aromatic nitrogens is 4. The van der Waals surface area contributed by atoms with Crippen molar-refractivity contribution in [1.82, 2.24) is 19.3 Å². The first-order valence-electron chi connectivity index (χ1n) is 7.37. The van der Waals surface area contributed by atoms with Crippen LogP contribution in [0, 0.1) is 11.3 Å². The van der Waals surface area contributed by atoms with E-state index in [-0.39, 0.29) is 5.82 Å². The van der Waals surface area contributed by atoms with Gasteiger partial charge >= 0.3 is 0 Å². The molecule has 3 heterocycles. The molecule has 0 atom stereocenters. The van der Waals surface area contributed by atoms with Crippen LogP contribution in [0.4, 0.5) is 5.82 Å². The fourth-order valence-corrected chi connectivity index (χ4v) is 2.50. The number of nitriles is 1. The van der Waals surface area contributed by atoms with Crippen molar-refractivity contribution in [3.8, 4) is 28.5 Å². The van der Waals surface area contributed by atoms with Crippen LogP contribution in [-0.4, -0.2) is 19.3 Å². The standard InChI is InChI=1S/C17H18N6/c1-11(2)23-5-4-12(10-23)14-6-16(13-8-20-22(3)9-13)21-17(19)15(14)7-18/h4-6,8-11H,1-3H3,(H2,19,21). The SMILES string of the molecule is CC(C)n1ccc(-c2cc(-c3cnn(C)c3)nc(N)c2C#N)c1. The van der Waals surface area contributed by atoms with Gasteiger partial charge in [0.1, 0.15) is 17.5 Å². The molecule has 116 valence electrons. The van der Waals surface area contributed by atoms with Gasteiger partial charge in [-0.15, -0.1) is 0 Å². The van der Waals surface area contributed by atoms with Crippen LogP contribution in [0.3, 0.4) is 0 Å². The zero-order valence-electron chi connectivity index (χ0n) is 13.4. The number of nitrogens with two attached hydrogens (primary N) is 1. The van der Waals surface area contributed by atoms with Gasteiger partial charge in [-0.3, -0.25) is 4.68 Å². The van der Waals surface area contributed by atoms with Crippen LogP contribution >= 0.6 is 0 Å². The first kappa shape index (κ1) is 14.9. The van der Waals surface area contributed by atoms with Crippen molar-refractivity contribution >= 4 is 5.82 Å². The largest absolute Gasteiger partial charge is 0.383 e. The van der Waals surface area contributed by atoms with Crippen molar-refractivity contribution in [2.45, 2.75) is 19.9 Å². The fourth-order valence-electron chi connectivity index (χ4n) is 2.50. The van der Waals surface area contributed by atoms with Crippen LogP contribution in [-0.2, 0) is 7.05 Å². The second-order valence-electron chi connectivity index (χ2n) is 5.77. The Balaban J connectivity index is 2.17. The summed E-state index contributed by atoms with van der Waals surface area (Å²) in [6, 6.07) is 6.40. The molecular weight excluding hydrogens is 288 g/mol. The molecule has 23 heavy (non-hydrogen) atoms. The number of nitrogens with zero attached hydrogens (tertiary/aromatic N) is 5. The lowest BCUT2D eigenvalue weighted by molar-refractivity contribution is 0.604. The second kappa shape index (κ2) is 5.61. The first-order chi connectivity index (χ1) is 11.0. The molecule has 3 aromatic rings. The van der Waals surface area contributed by atoms with E-state index in [4.69, 9.17) is 5.73 Å². The molecule has 0 aliphatic rings. The highest BCUT2D eigenvalue weighted by Gasteiger charge is 2.15. The molecule has 0 fully saturated rings. The van der Waals surface area contributed by atoms with E-state index < -0.39 is 0 Å². The van der Waals surface area contributed by atoms with Crippen molar-refractivity contribution in [2.75, 3.05) is 5.73 Å². The fraction of sp³-hybridized carbons (Fsp3) is 0.235. The van der Waals surface area contributed by atoms with Gasteiger partial charge in [-0.1, -0.05) is 0 Å². The molecule has 3 aromatic heterocycles. The summed E-state index contributed by atoms with van der Waals surface area (Å²) in [5.41, 5.74) is 9.74. The molecule has 6 heteroatoms. The predicted octanol–water partition coefficient (Wildman–Crippen LogP) is 2.99. The number of anilines is 1. The minimum atomic E-state index is 0.237. The van der Waals surface area contributed by atoms with E-state index in [0.29, 0.717) is 17.3 Å². The Hall–Kier alpha value is -3.07. The molecule has 0 unspecified atom stereocenters. The third-order valence-electron chi connectivity index (χ3n) is 3.78. The lowest BCUT2D eigenvalue weighted by atomic mass is 10.0. The Morgan fingerprint density at radius 3 is 2.61 bits per heavy atom. The molecule has 0 amide bonds. The van der Waals surface area contributed by atoms with E-state index in [1.807, 2.05) is 37.8 Å². The minimum Gasteiger partial charge on any atom is -0.383 e. The van der Waals surface area contributed by atoms with Gasteiger partial charge in [0.25, 0.3) is 0 Å². The molecule has 0 spiro atoms. The van der Waals surface area contributed by atoms with E-state index in [1.54, 1.807) is 10.9 Å². The average Bonchev–Trinajstić information content (AvgIpc) is 3.15. The Bertz CT molecular complexity index is 894. The third-order valence-corrected chi connectivity index (χ3v) is 3.78. The van der Waals surface area contributed by atoms with Crippen LogP contribution in [0.15, 0.2) is 36.9 Å². The molecule has 0 saturated carbocycles. The number of pyridine rings is 1. The number of aryl methyl sites for hydroxylation is 1. The summed E-state index contributed by atoms with van der Waals surface area (Å²) in [5, 5.41) is 13.6. The van der Waals surface area contributed by atoms with Crippen LogP contribution < -0.4 is 5.73 Å². The van der Waals surface area contributed by atoms with E-state index in [1.165, 1.54) is 0 Å². The Morgan fingerprint density at radius 1 is 1.26 bits per heavy atom. The summed E-state index contributed by atoms with van der Waals surface area (Å²) in [6.45, 7) is 4.22. The van der Waals surface area contributed by atoms with Crippen molar-refractivity contribution in [3.05, 3.63) is 42.5 Å². The van der Waals surface area contributed by atoms with Gasteiger partial charge < -0.3 is 10.3 Å². The number of nitrogen functional groups attached to an aromatic ring is 1. The van der Waals surface area contributed by atoms with Gasteiger partial charge in [0.15, 0.2) is 0 Å². The zero-order valence-corrected chi connectivity index (χ0v) is 13.4. The first-order valence-corrected chi connectivity index (χ1v) is 7.37. The van der Waals surface area contributed by atoms with Crippen molar-refractivity contribution in [3.63, 3.8) is 0 Å². The smallest absolute Gasteiger partial charge is 0.142 e. The molecule has 2 N–H and O–H groups in total. The molecule has 0 aliphatic carbocycles. The second-order valence-corrected chi connectivity index (χ2v) is 5.77. The highest BCUT2D eigenvalue weighted by Crippen LogP contribution is 2.31. The minimum absolute atomic E-state index is 0.237. The summed E-state index contributed by atoms with van der Waals surface area (Å²) in [5.74, 6) is 0.237. The molecule has 0 radical (unpaired) electrons. The van der Waals surface area contributed by atoms with Gasteiger partial charge in [0.05, 0.1) is 11.9 Å². The molecule has 3 rings (SSSR count). The van der Waals surface area contributed by atoms with Crippen molar-refractivity contribution < 1.29 is 0 Å². The summed E-state index contributed by atoms with van der Waals surface area (Å²) < 4.78 is 3.80. The van der Waals surface area contributed by atoms with E-state index >= 15 is 0 Å². The zero-order chi connectivity index (χ0) is 16.6. The van der Waals surface area contributed by atoms with E-state index in [0.717, 1.165) is 16.7 Å². The van der Waals surface area contributed by atoms with Gasteiger partial charge in [-0.05, 0) is 26.0 Å². The molecule has 0 aromatic carbocycles. The Morgan fingerprint density at radius 2 is 2.04 bits per heavy atom. The Kier molecular flexibility index (Phi) is 3.62. The number of hydrogen-bond acceptors (Lipinski definition) is 4. The van der Waals surface area contributed by atoms with E-state index in [9.17, 15) is 5.26 Å². The van der Waals surface area contributed by atoms with Gasteiger partial charge in [0, 0.05) is 48.4 Å². The highest BCUT2D eigenvalue weighted by molar-refractivity contribution is 5.79. The monoisotopic (exact) mass is 306 g/mol. The van der Waals surface area contributed by atoms with Crippen molar-refractivity contribution in [1.29, 1.82) is 5.26 Å². The Labute approximate surface area is 134 Å². The summed E-state index contributed by atoms with van der Waals surface area (Å²) in [6.07, 6.45) is 7.63.